The molecule has 1 aromatic carbocycles. The summed E-state index contributed by atoms with van der Waals surface area (Å²) in [5, 5.41) is 13.6. The molecule has 0 saturated heterocycles. The Morgan fingerprint density at radius 1 is 1.33 bits per heavy atom. The maximum atomic E-state index is 10.4. The second kappa shape index (κ2) is 4.45. The highest BCUT2D eigenvalue weighted by atomic mass is 16.1. The van der Waals surface area contributed by atoms with Gasteiger partial charge in [0.15, 0.2) is 5.82 Å². The van der Waals surface area contributed by atoms with Crippen molar-refractivity contribution in [2.45, 2.75) is 12.8 Å². The fraction of sp³-hybridized carbons (Fsp3) is 0.200. The molecule has 5 heteroatoms. The number of nitrogens with zero attached hydrogens (tertiary/aromatic N) is 3. The van der Waals surface area contributed by atoms with Crippen LogP contribution in [0.2, 0.25) is 0 Å². The number of aldehydes is 1. The van der Waals surface area contributed by atoms with E-state index < -0.39 is 0 Å². The minimum Gasteiger partial charge on any atom is -0.303 e. The summed E-state index contributed by atoms with van der Waals surface area (Å²) in [6.45, 7) is 0. The number of benzene rings is 1. The fourth-order valence-corrected chi connectivity index (χ4v) is 1.40. The van der Waals surface area contributed by atoms with Crippen LogP contribution >= 0.6 is 0 Å². The molecule has 0 amide bonds. The van der Waals surface area contributed by atoms with Gasteiger partial charge in [-0.3, -0.25) is 0 Å². The van der Waals surface area contributed by atoms with Gasteiger partial charge in [0.2, 0.25) is 0 Å². The van der Waals surface area contributed by atoms with Crippen LogP contribution in [0, 0.1) is 0 Å². The molecule has 1 heterocycles. The van der Waals surface area contributed by atoms with E-state index in [4.69, 9.17) is 0 Å². The highest BCUT2D eigenvalue weighted by Gasteiger charge is 2.01. The minimum atomic E-state index is 0.445. The minimum absolute atomic E-state index is 0.445. The number of H-pyrrole nitrogens is 1. The van der Waals surface area contributed by atoms with E-state index in [1.54, 1.807) is 0 Å². The Kier molecular flexibility index (Phi) is 2.82. The molecule has 2 rings (SSSR count). The van der Waals surface area contributed by atoms with E-state index in [1.807, 2.05) is 24.3 Å². The van der Waals surface area contributed by atoms with Gasteiger partial charge in [-0.1, -0.05) is 29.5 Å². The molecular formula is C10H10N4O. The Hall–Kier alpha value is -2.04. The third kappa shape index (κ3) is 2.46. The highest BCUT2D eigenvalue weighted by Crippen LogP contribution is 2.08. The van der Waals surface area contributed by atoms with Gasteiger partial charge in [-0.25, -0.2) is 0 Å². The number of hydrogen-bond acceptors (Lipinski definition) is 4. The average Bonchev–Trinajstić information content (AvgIpc) is 2.71. The Bertz CT molecular complexity index is 438. The number of rotatable bonds is 4. The van der Waals surface area contributed by atoms with E-state index in [1.165, 1.54) is 0 Å². The summed E-state index contributed by atoms with van der Waals surface area (Å²) in [6, 6.07) is 7.80. The first-order chi connectivity index (χ1) is 7.38. The van der Waals surface area contributed by atoms with Crippen LogP contribution in [0.4, 0.5) is 0 Å². The summed E-state index contributed by atoms with van der Waals surface area (Å²) in [6.07, 6.45) is 1.97. The molecule has 0 fully saturated rings. The van der Waals surface area contributed by atoms with Gasteiger partial charge < -0.3 is 4.79 Å². The second-order valence-corrected chi connectivity index (χ2v) is 3.20. The van der Waals surface area contributed by atoms with Gasteiger partial charge in [0.25, 0.3) is 0 Å². The topological polar surface area (TPSA) is 71.5 Å². The maximum Gasteiger partial charge on any atom is 0.178 e. The molecular weight excluding hydrogens is 192 g/mol. The summed E-state index contributed by atoms with van der Waals surface area (Å²) in [7, 11) is 0. The van der Waals surface area contributed by atoms with E-state index >= 15 is 0 Å². The van der Waals surface area contributed by atoms with Gasteiger partial charge in [0.05, 0.1) is 0 Å². The summed E-state index contributed by atoms with van der Waals surface area (Å²) in [5.41, 5.74) is 2.08. The lowest BCUT2D eigenvalue weighted by molar-refractivity contribution is -0.107. The third-order valence-corrected chi connectivity index (χ3v) is 2.06. The number of aromatic nitrogens is 4. The average molecular weight is 202 g/mol. The SMILES string of the molecule is O=CCc1cccc(Cc2nn[nH]n2)c1. The predicted molar refractivity (Wildman–Crippen MR) is 53.2 cm³/mol. The van der Waals surface area contributed by atoms with Crippen molar-refractivity contribution < 1.29 is 4.79 Å². The van der Waals surface area contributed by atoms with Crippen molar-refractivity contribution in [3.63, 3.8) is 0 Å². The van der Waals surface area contributed by atoms with Crippen molar-refractivity contribution >= 4 is 6.29 Å². The lowest BCUT2D eigenvalue weighted by atomic mass is 10.1. The highest BCUT2D eigenvalue weighted by molar-refractivity contribution is 5.55. The fourth-order valence-electron chi connectivity index (χ4n) is 1.40. The predicted octanol–water partition coefficient (Wildman–Crippen LogP) is 0.532. The molecule has 0 bridgehead atoms. The first-order valence-electron chi connectivity index (χ1n) is 4.62. The normalized spacial score (nSPS) is 10.1. The molecule has 0 aliphatic carbocycles. The molecule has 0 atom stereocenters. The zero-order chi connectivity index (χ0) is 10.5. The number of carbonyl (C=O) groups is 1. The molecule has 1 aromatic heterocycles. The monoisotopic (exact) mass is 202 g/mol. The van der Waals surface area contributed by atoms with Crippen molar-refractivity contribution in [1.29, 1.82) is 0 Å². The third-order valence-electron chi connectivity index (χ3n) is 2.06. The quantitative estimate of drug-likeness (QED) is 0.734. The van der Waals surface area contributed by atoms with Crippen molar-refractivity contribution in [3.8, 4) is 0 Å². The standard InChI is InChI=1S/C10H10N4O/c15-5-4-8-2-1-3-9(6-8)7-10-11-13-14-12-10/h1-3,5-6H,4,7H2,(H,11,12,13,14). The van der Waals surface area contributed by atoms with Gasteiger partial charge in [-0.05, 0) is 11.1 Å². The largest absolute Gasteiger partial charge is 0.303 e. The first kappa shape index (κ1) is 9.51. The van der Waals surface area contributed by atoms with Crippen molar-refractivity contribution in [2.75, 3.05) is 0 Å². The van der Waals surface area contributed by atoms with Crippen molar-refractivity contribution in [3.05, 3.63) is 41.2 Å². The van der Waals surface area contributed by atoms with Gasteiger partial charge >= 0.3 is 0 Å². The molecule has 0 unspecified atom stereocenters. The molecule has 5 nitrogen and oxygen atoms in total. The van der Waals surface area contributed by atoms with E-state index in [2.05, 4.69) is 20.6 Å². The Morgan fingerprint density at radius 3 is 2.93 bits per heavy atom. The van der Waals surface area contributed by atoms with Crippen LogP contribution in [0.5, 0.6) is 0 Å². The van der Waals surface area contributed by atoms with Crippen molar-refractivity contribution in [2.24, 2.45) is 0 Å². The lowest BCUT2D eigenvalue weighted by Crippen LogP contribution is -1.93. The van der Waals surface area contributed by atoms with Crippen LogP contribution in [0.15, 0.2) is 24.3 Å². The lowest BCUT2D eigenvalue weighted by Gasteiger charge is -1.99. The van der Waals surface area contributed by atoms with Crippen molar-refractivity contribution in [1.82, 2.24) is 20.6 Å². The van der Waals surface area contributed by atoms with Crippen LogP contribution in [0.1, 0.15) is 17.0 Å². The summed E-state index contributed by atoms with van der Waals surface area (Å²) in [5.74, 6) is 0.651. The number of tetrazole rings is 1. The molecule has 0 saturated carbocycles. The molecule has 0 spiro atoms. The second-order valence-electron chi connectivity index (χ2n) is 3.20. The summed E-state index contributed by atoms with van der Waals surface area (Å²) in [4.78, 5) is 10.4. The van der Waals surface area contributed by atoms with E-state index in [0.717, 1.165) is 17.4 Å². The molecule has 15 heavy (non-hydrogen) atoms. The maximum absolute atomic E-state index is 10.4. The summed E-state index contributed by atoms with van der Waals surface area (Å²) < 4.78 is 0. The zero-order valence-corrected chi connectivity index (χ0v) is 8.05. The summed E-state index contributed by atoms with van der Waals surface area (Å²) >= 11 is 0. The Morgan fingerprint density at radius 2 is 2.20 bits per heavy atom. The van der Waals surface area contributed by atoms with Crippen LogP contribution in [-0.4, -0.2) is 26.9 Å². The van der Waals surface area contributed by atoms with Gasteiger partial charge in [-0.15, -0.1) is 10.2 Å². The number of aromatic amines is 1. The molecule has 0 radical (unpaired) electrons. The van der Waals surface area contributed by atoms with E-state index in [-0.39, 0.29) is 0 Å². The van der Waals surface area contributed by atoms with Gasteiger partial charge in [0.1, 0.15) is 6.29 Å². The van der Waals surface area contributed by atoms with Crippen LogP contribution in [0.25, 0.3) is 0 Å². The van der Waals surface area contributed by atoms with Crippen LogP contribution < -0.4 is 0 Å². The smallest absolute Gasteiger partial charge is 0.178 e. The molecule has 76 valence electrons. The Balaban J connectivity index is 2.14. The van der Waals surface area contributed by atoms with Crippen LogP contribution in [-0.2, 0) is 17.6 Å². The van der Waals surface area contributed by atoms with Gasteiger partial charge in [0, 0.05) is 12.8 Å². The number of nitrogens with one attached hydrogen (secondary N) is 1. The first-order valence-corrected chi connectivity index (χ1v) is 4.62. The van der Waals surface area contributed by atoms with Gasteiger partial charge in [-0.2, -0.15) is 5.21 Å². The number of carbonyl (C=O) groups excluding carboxylic acids is 1. The molecule has 0 aliphatic heterocycles. The zero-order valence-electron chi connectivity index (χ0n) is 8.05. The molecule has 1 N–H and O–H groups in total. The molecule has 0 aliphatic rings. The van der Waals surface area contributed by atoms with E-state index in [0.29, 0.717) is 18.7 Å². The molecule has 2 aromatic rings. The van der Waals surface area contributed by atoms with E-state index in [9.17, 15) is 4.79 Å². The Labute approximate surface area is 86.5 Å². The number of hydrogen-bond donors (Lipinski definition) is 1. The van der Waals surface area contributed by atoms with Crippen LogP contribution in [0.3, 0.4) is 0 Å².